The molecule has 9 nitrogen and oxygen atoms in total. The van der Waals surface area contributed by atoms with E-state index in [1.807, 2.05) is 27.7 Å². The summed E-state index contributed by atoms with van der Waals surface area (Å²) in [6.07, 6.45) is 2.12. The third-order valence-electron chi connectivity index (χ3n) is 8.17. The number of anilines is 1. The summed E-state index contributed by atoms with van der Waals surface area (Å²) in [5.41, 5.74) is -0.568. The first-order chi connectivity index (χ1) is 18.6. The molecule has 4 unspecified atom stereocenters. The van der Waals surface area contributed by atoms with Crippen LogP contribution in [-0.4, -0.2) is 75.6 Å². The van der Waals surface area contributed by atoms with Crippen molar-refractivity contribution in [3.8, 4) is 5.75 Å². The molecule has 1 aromatic carbocycles. The van der Waals surface area contributed by atoms with Gasteiger partial charge in [0.25, 0.3) is 0 Å². The molecule has 0 aromatic heterocycles. The first-order valence-electron chi connectivity index (χ1n) is 14.2. The number of alkyl halides is 1. The quantitative estimate of drug-likeness (QED) is 0.313. The molecule has 3 aliphatic heterocycles. The number of nitrogens with one attached hydrogen (secondary N) is 2. The first kappa shape index (κ1) is 29.8. The number of amides is 3. The van der Waals surface area contributed by atoms with Crippen molar-refractivity contribution in [3.63, 3.8) is 0 Å². The monoisotopic (exact) mass is 607 g/mol. The maximum atomic E-state index is 14.2. The number of hydrogen-bond donors (Lipinski definition) is 3. The van der Waals surface area contributed by atoms with Crippen LogP contribution in [0, 0.1) is 17.8 Å². The summed E-state index contributed by atoms with van der Waals surface area (Å²) in [5, 5.41) is 16.4. The molecule has 0 aliphatic carbocycles. The number of benzene rings is 1. The predicted molar refractivity (Wildman–Crippen MR) is 152 cm³/mol. The van der Waals surface area contributed by atoms with Crippen LogP contribution in [0.5, 0.6) is 5.75 Å². The number of aliphatic hydroxyl groups is 1. The van der Waals surface area contributed by atoms with Gasteiger partial charge in [-0.25, -0.2) is 0 Å². The molecular formula is C29H42BrN3O6. The second-order valence-electron chi connectivity index (χ2n) is 11.5. The van der Waals surface area contributed by atoms with Gasteiger partial charge in [0.2, 0.25) is 17.7 Å². The lowest BCUT2D eigenvalue weighted by Gasteiger charge is -2.38. The topological polar surface area (TPSA) is 117 Å². The van der Waals surface area contributed by atoms with Crippen molar-refractivity contribution in [2.45, 2.75) is 95.0 Å². The van der Waals surface area contributed by atoms with E-state index in [-0.39, 0.29) is 41.1 Å². The normalized spacial score (nSPS) is 30.8. The molecule has 2 bridgehead atoms. The molecule has 3 aliphatic rings. The van der Waals surface area contributed by atoms with E-state index in [1.54, 1.807) is 24.3 Å². The van der Waals surface area contributed by atoms with Crippen LogP contribution in [-0.2, 0) is 19.1 Å². The number of carbonyl (C=O) groups is 3. The van der Waals surface area contributed by atoms with Crippen LogP contribution < -0.4 is 15.4 Å². The lowest BCUT2D eigenvalue weighted by atomic mass is 9.70. The van der Waals surface area contributed by atoms with E-state index >= 15 is 0 Å². The number of fused-ring (bicyclic) bond motifs is 1. The van der Waals surface area contributed by atoms with Crippen molar-refractivity contribution < 1.29 is 29.0 Å². The highest BCUT2D eigenvalue weighted by molar-refractivity contribution is 9.09. The smallest absolute Gasteiger partial charge is 0.246 e. The van der Waals surface area contributed by atoms with Gasteiger partial charge in [-0.3, -0.25) is 14.4 Å². The summed E-state index contributed by atoms with van der Waals surface area (Å²) in [5.74, 6) is -1.62. The Kier molecular flexibility index (Phi) is 9.28. The predicted octanol–water partition coefficient (Wildman–Crippen LogP) is 3.48. The molecule has 3 heterocycles. The molecule has 8 atom stereocenters. The van der Waals surface area contributed by atoms with E-state index in [0.717, 1.165) is 12.8 Å². The molecule has 1 spiro atoms. The highest BCUT2D eigenvalue weighted by atomic mass is 79.9. The molecular weight excluding hydrogens is 566 g/mol. The van der Waals surface area contributed by atoms with Gasteiger partial charge < -0.3 is 30.1 Å². The van der Waals surface area contributed by atoms with Gasteiger partial charge in [0, 0.05) is 16.6 Å². The average Bonchev–Trinajstić information content (AvgIpc) is 3.47. The first-order valence-corrected chi connectivity index (χ1v) is 15.1. The number of carbonyl (C=O) groups excluding carboxylic acids is 3. The Labute approximate surface area is 239 Å². The highest BCUT2D eigenvalue weighted by Gasteiger charge is 2.77. The van der Waals surface area contributed by atoms with E-state index in [2.05, 4.69) is 33.5 Å². The van der Waals surface area contributed by atoms with Gasteiger partial charge in [-0.15, -0.1) is 0 Å². The number of likely N-dealkylation sites (tertiary alicyclic amines) is 1. The molecule has 0 radical (unpaired) electrons. The van der Waals surface area contributed by atoms with Crippen LogP contribution in [0.3, 0.4) is 0 Å². The maximum absolute atomic E-state index is 14.2. The zero-order valence-corrected chi connectivity index (χ0v) is 25.1. The van der Waals surface area contributed by atoms with E-state index in [9.17, 15) is 19.5 Å². The summed E-state index contributed by atoms with van der Waals surface area (Å²) in [7, 11) is 0. The average molecular weight is 609 g/mol. The zero-order chi connectivity index (χ0) is 28.5. The number of aliphatic hydroxyl groups excluding tert-OH is 1. The molecule has 3 saturated heterocycles. The van der Waals surface area contributed by atoms with Crippen molar-refractivity contribution in [3.05, 3.63) is 24.3 Å². The summed E-state index contributed by atoms with van der Waals surface area (Å²) in [6.45, 7) is 10.2. The molecule has 216 valence electrons. The zero-order valence-electron chi connectivity index (χ0n) is 23.5. The van der Waals surface area contributed by atoms with E-state index < -0.39 is 35.6 Å². The fourth-order valence-corrected chi connectivity index (χ4v) is 7.68. The van der Waals surface area contributed by atoms with E-state index in [0.29, 0.717) is 30.9 Å². The molecule has 3 fully saturated rings. The third kappa shape index (κ3) is 5.57. The second kappa shape index (κ2) is 12.1. The van der Waals surface area contributed by atoms with Crippen LogP contribution >= 0.6 is 15.9 Å². The lowest BCUT2D eigenvalue weighted by Crippen LogP contribution is -2.59. The second-order valence-corrected chi connectivity index (χ2v) is 12.7. The van der Waals surface area contributed by atoms with Gasteiger partial charge >= 0.3 is 0 Å². The molecule has 0 saturated carbocycles. The Balaban J connectivity index is 1.68. The summed E-state index contributed by atoms with van der Waals surface area (Å²) < 4.78 is 12.1. The van der Waals surface area contributed by atoms with Gasteiger partial charge in [-0.05, 0) is 63.3 Å². The van der Waals surface area contributed by atoms with Crippen molar-refractivity contribution in [1.29, 1.82) is 0 Å². The van der Waals surface area contributed by atoms with Crippen molar-refractivity contribution in [1.82, 2.24) is 10.2 Å². The molecule has 3 amide bonds. The standard InChI is InChI=1S/C29H42BrN3O6/c1-6-8-17(5)31-27(36)25-29-14-21(30)24(39-29)22(23(29)28(37)33(25)19(15-34)13-16(3)4)26(35)32-18-9-11-20(12-10-18)38-7-2/h9-12,16-17,19,21-25,34H,6-8,13-15H2,1-5H3,(H,31,36)(H,32,35)/t17?,19-,21?,22-,23+,24-,25?,29?/m1/s1. The van der Waals surface area contributed by atoms with Crippen molar-refractivity contribution >= 4 is 39.3 Å². The Morgan fingerprint density at radius 1 is 1.21 bits per heavy atom. The minimum atomic E-state index is -1.16. The largest absolute Gasteiger partial charge is 0.494 e. The van der Waals surface area contributed by atoms with Gasteiger partial charge in [-0.1, -0.05) is 43.1 Å². The van der Waals surface area contributed by atoms with Gasteiger partial charge in [-0.2, -0.15) is 0 Å². The van der Waals surface area contributed by atoms with Crippen LogP contribution in [0.2, 0.25) is 0 Å². The minimum absolute atomic E-state index is 0.0790. The Bertz CT molecular complexity index is 1050. The molecule has 39 heavy (non-hydrogen) atoms. The number of rotatable bonds is 12. The Morgan fingerprint density at radius 2 is 1.90 bits per heavy atom. The summed E-state index contributed by atoms with van der Waals surface area (Å²) >= 11 is 3.70. The molecule has 10 heteroatoms. The fourth-order valence-electron chi connectivity index (χ4n) is 6.73. The minimum Gasteiger partial charge on any atom is -0.494 e. The van der Waals surface area contributed by atoms with Crippen LogP contribution in [0.15, 0.2) is 24.3 Å². The van der Waals surface area contributed by atoms with Crippen molar-refractivity contribution in [2.75, 3.05) is 18.5 Å². The summed E-state index contributed by atoms with van der Waals surface area (Å²) in [6, 6.07) is 5.52. The molecule has 3 N–H and O–H groups in total. The fraction of sp³-hybridized carbons (Fsp3) is 0.690. The van der Waals surface area contributed by atoms with Gasteiger partial charge in [0.15, 0.2) is 0 Å². The SMILES string of the molecule is CCCC(C)NC(=O)C1N([C@@H](CO)CC(C)C)C(=O)[C@@H]2[C@@H](C(=O)Nc3ccc(OCC)cc3)[C@@H]3OC12CC3Br. The third-order valence-corrected chi connectivity index (χ3v) is 9.01. The summed E-state index contributed by atoms with van der Waals surface area (Å²) in [4.78, 5) is 43.2. The van der Waals surface area contributed by atoms with Gasteiger partial charge in [0.1, 0.15) is 17.4 Å². The van der Waals surface area contributed by atoms with Crippen molar-refractivity contribution in [2.24, 2.45) is 17.8 Å². The number of nitrogens with zero attached hydrogens (tertiary/aromatic N) is 1. The van der Waals surface area contributed by atoms with Crippen LogP contribution in [0.1, 0.15) is 60.3 Å². The number of ether oxygens (including phenoxy) is 2. The number of hydrogen-bond acceptors (Lipinski definition) is 6. The Morgan fingerprint density at radius 3 is 2.49 bits per heavy atom. The van der Waals surface area contributed by atoms with Crippen LogP contribution in [0.25, 0.3) is 0 Å². The molecule has 1 aromatic rings. The Hall–Kier alpha value is -2.17. The maximum Gasteiger partial charge on any atom is 0.246 e. The lowest BCUT2D eigenvalue weighted by molar-refractivity contribution is -0.145. The van der Waals surface area contributed by atoms with E-state index in [1.165, 1.54) is 4.90 Å². The number of halogens is 1. The highest BCUT2D eigenvalue weighted by Crippen LogP contribution is 2.60. The van der Waals surface area contributed by atoms with E-state index in [4.69, 9.17) is 9.47 Å². The molecule has 4 rings (SSSR count). The van der Waals surface area contributed by atoms with Crippen LogP contribution in [0.4, 0.5) is 5.69 Å². The van der Waals surface area contributed by atoms with Gasteiger partial charge in [0.05, 0.1) is 37.2 Å².